The van der Waals surface area contributed by atoms with E-state index in [4.69, 9.17) is 23.7 Å². The van der Waals surface area contributed by atoms with Crippen LogP contribution in [0.15, 0.2) is 24.3 Å². The Hall–Kier alpha value is -3.09. The van der Waals surface area contributed by atoms with Crippen LogP contribution >= 0.6 is 0 Å². The minimum absolute atomic E-state index is 0.0597. The summed E-state index contributed by atoms with van der Waals surface area (Å²) in [6.45, 7) is 0.127. The van der Waals surface area contributed by atoms with E-state index in [1.165, 1.54) is 14.2 Å². The Kier molecular flexibility index (Phi) is 3.56. The lowest BCUT2D eigenvalue weighted by Gasteiger charge is -2.26. The van der Waals surface area contributed by atoms with E-state index in [0.717, 1.165) is 0 Å². The van der Waals surface area contributed by atoms with E-state index in [0.29, 0.717) is 28.4 Å². The van der Waals surface area contributed by atoms with Crippen LogP contribution in [0.5, 0.6) is 34.5 Å². The van der Waals surface area contributed by atoms with Crippen molar-refractivity contribution in [3.63, 3.8) is 0 Å². The van der Waals surface area contributed by atoms with Crippen LogP contribution in [0.3, 0.4) is 0 Å². The normalized spacial score (nSPS) is 17.7. The summed E-state index contributed by atoms with van der Waals surface area (Å²) < 4.78 is 27.0. The summed E-state index contributed by atoms with van der Waals surface area (Å²) in [5.41, 5.74) is 1.14. The molecule has 0 amide bonds. The zero-order valence-electron chi connectivity index (χ0n) is 13.7. The van der Waals surface area contributed by atoms with Gasteiger partial charge in [0, 0.05) is 11.6 Å². The second kappa shape index (κ2) is 5.77. The molecule has 2 aromatic rings. The molecule has 2 aliphatic rings. The molecule has 2 heterocycles. The maximum atomic E-state index is 12.6. The number of carbonyl (C=O) groups excluding carboxylic acids is 1. The highest BCUT2D eigenvalue weighted by Gasteiger charge is 2.31. The second-order valence-electron chi connectivity index (χ2n) is 5.71. The summed E-state index contributed by atoms with van der Waals surface area (Å²) in [5.74, 6) is 1.88. The predicted octanol–water partition coefficient (Wildman–Crippen LogP) is 2.84. The zero-order chi connectivity index (χ0) is 17.6. The minimum atomic E-state index is -0.524. The summed E-state index contributed by atoms with van der Waals surface area (Å²) in [6, 6.07) is 6.58. The lowest BCUT2D eigenvalue weighted by atomic mass is 9.95. The van der Waals surface area contributed by atoms with Gasteiger partial charge in [-0.05, 0) is 18.2 Å². The highest BCUT2D eigenvalue weighted by Crippen LogP contribution is 2.45. The molecular formula is C18H16O7. The maximum absolute atomic E-state index is 12.6. The first-order valence-electron chi connectivity index (χ1n) is 7.69. The third-order valence-electron chi connectivity index (χ3n) is 4.29. The van der Waals surface area contributed by atoms with Gasteiger partial charge in [-0.25, -0.2) is 0 Å². The quantitative estimate of drug-likeness (QED) is 0.916. The third-order valence-corrected chi connectivity index (χ3v) is 4.29. The molecule has 1 atom stereocenters. The van der Waals surface area contributed by atoms with E-state index in [1.807, 2.05) is 0 Å². The van der Waals surface area contributed by atoms with Crippen LogP contribution in [-0.2, 0) is 0 Å². The first-order valence-corrected chi connectivity index (χ1v) is 7.69. The molecule has 0 radical (unpaired) electrons. The number of rotatable bonds is 3. The van der Waals surface area contributed by atoms with Crippen molar-refractivity contribution in [3.8, 4) is 34.5 Å². The molecule has 2 aliphatic heterocycles. The number of phenols is 1. The van der Waals surface area contributed by atoms with Crippen LogP contribution in [-0.4, -0.2) is 31.9 Å². The molecule has 2 aromatic carbocycles. The molecule has 0 aromatic heterocycles. The van der Waals surface area contributed by atoms with E-state index in [-0.39, 0.29) is 36.2 Å². The number of ketones is 1. The van der Waals surface area contributed by atoms with Crippen molar-refractivity contribution in [3.05, 3.63) is 35.4 Å². The van der Waals surface area contributed by atoms with Gasteiger partial charge in [0.25, 0.3) is 0 Å². The smallest absolute Gasteiger partial charge is 0.231 e. The highest BCUT2D eigenvalue weighted by atomic mass is 16.7. The van der Waals surface area contributed by atoms with Crippen LogP contribution in [0, 0.1) is 0 Å². The van der Waals surface area contributed by atoms with Crippen LogP contribution < -0.4 is 23.7 Å². The Labute approximate surface area is 143 Å². The number of aromatic hydroxyl groups is 1. The van der Waals surface area contributed by atoms with Gasteiger partial charge >= 0.3 is 0 Å². The Balaban J connectivity index is 1.73. The summed E-state index contributed by atoms with van der Waals surface area (Å²) in [5, 5.41) is 10.0. The molecule has 7 heteroatoms. The van der Waals surface area contributed by atoms with E-state index in [9.17, 15) is 9.90 Å². The lowest BCUT2D eigenvalue weighted by molar-refractivity contribution is 0.0849. The van der Waals surface area contributed by atoms with E-state index >= 15 is 0 Å². The molecule has 130 valence electrons. The van der Waals surface area contributed by atoms with Crippen molar-refractivity contribution in [1.82, 2.24) is 0 Å². The number of ether oxygens (including phenoxy) is 5. The molecule has 0 fully saturated rings. The van der Waals surface area contributed by atoms with Gasteiger partial charge in [0.05, 0.1) is 26.2 Å². The van der Waals surface area contributed by atoms with E-state index in [2.05, 4.69) is 0 Å². The SMILES string of the molecule is COc1cc(C2CC(=O)c3cc4c(cc3O2)OCO4)cc(OC)c1O. The molecule has 1 unspecified atom stereocenters. The molecule has 0 spiro atoms. The number of hydrogen-bond acceptors (Lipinski definition) is 7. The molecule has 7 nitrogen and oxygen atoms in total. The summed E-state index contributed by atoms with van der Waals surface area (Å²) in [6.07, 6.45) is -0.368. The van der Waals surface area contributed by atoms with Crippen molar-refractivity contribution in [2.45, 2.75) is 12.5 Å². The Bertz CT molecular complexity index is 834. The van der Waals surface area contributed by atoms with Crippen LogP contribution in [0.1, 0.15) is 28.4 Å². The van der Waals surface area contributed by atoms with Crippen molar-refractivity contribution in [2.24, 2.45) is 0 Å². The average Bonchev–Trinajstić information content (AvgIpc) is 3.07. The van der Waals surface area contributed by atoms with E-state index in [1.54, 1.807) is 24.3 Å². The molecule has 0 saturated carbocycles. The number of methoxy groups -OCH3 is 2. The fourth-order valence-electron chi connectivity index (χ4n) is 3.00. The topological polar surface area (TPSA) is 83.5 Å². The second-order valence-corrected chi connectivity index (χ2v) is 5.71. The van der Waals surface area contributed by atoms with Crippen LogP contribution in [0.2, 0.25) is 0 Å². The predicted molar refractivity (Wildman–Crippen MR) is 86.1 cm³/mol. The van der Waals surface area contributed by atoms with Crippen LogP contribution in [0.25, 0.3) is 0 Å². The lowest BCUT2D eigenvalue weighted by Crippen LogP contribution is -2.20. The molecule has 0 bridgehead atoms. The Morgan fingerprint density at radius 1 is 1.00 bits per heavy atom. The van der Waals surface area contributed by atoms with Gasteiger partial charge in [-0.1, -0.05) is 0 Å². The van der Waals surface area contributed by atoms with Crippen molar-refractivity contribution in [2.75, 3.05) is 21.0 Å². The number of fused-ring (bicyclic) bond motifs is 2. The number of Topliss-reactive ketones (excluding diaryl/α,β-unsaturated/α-hetero) is 1. The third kappa shape index (κ3) is 2.48. The largest absolute Gasteiger partial charge is 0.502 e. The van der Waals surface area contributed by atoms with Gasteiger partial charge in [0.15, 0.2) is 28.8 Å². The average molecular weight is 344 g/mol. The van der Waals surface area contributed by atoms with Crippen molar-refractivity contribution in [1.29, 1.82) is 0 Å². The Morgan fingerprint density at radius 3 is 2.28 bits per heavy atom. The first kappa shape index (κ1) is 15.4. The monoisotopic (exact) mass is 344 g/mol. The number of carbonyl (C=O) groups is 1. The molecule has 25 heavy (non-hydrogen) atoms. The molecule has 4 rings (SSSR count). The minimum Gasteiger partial charge on any atom is -0.502 e. The van der Waals surface area contributed by atoms with Gasteiger partial charge in [-0.15, -0.1) is 0 Å². The number of phenolic OH excluding ortho intramolecular Hbond substituents is 1. The fourth-order valence-corrected chi connectivity index (χ4v) is 3.00. The van der Waals surface area contributed by atoms with Gasteiger partial charge in [0.2, 0.25) is 12.5 Å². The summed E-state index contributed by atoms with van der Waals surface area (Å²) in [7, 11) is 2.89. The van der Waals surface area contributed by atoms with Crippen molar-refractivity contribution >= 4 is 5.78 Å². The number of benzene rings is 2. The summed E-state index contributed by atoms with van der Waals surface area (Å²) >= 11 is 0. The maximum Gasteiger partial charge on any atom is 0.231 e. The molecular weight excluding hydrogens is 328 g/mol. The van der Waals surface area contributed by atoms with Gasteiger partial charge in [-0.2, -0.15) is 0 Å². The standard InChI is InChI=1S/C18H16O7/c1-21-16-3-9(4-17(22-2)18(16)20)12-6-11(19)10-5-14-15(24-8-23-14)7-13(10)25-12/h3-5,7,12,20H,6,8H2,1-2H3. The van der Waals surface area contributed by atoms with E-state index < -0.39 is 6.10 Å². The molecule has 0 saturated heterocycles. The first-order chi connectivity index (χ1) is 12.1. The highest BCUT2D eigenvalue weighted by molar-refractivity contribution is 6.00. The molecule has 1 N–H and O–H groups in total. The van der Waals surface area contributed by atoms with Gasteiger partial charge in [-0.3, -0.25) is 4.79 Å². The van der Waals surface area contributed by atoms with Gasteiger partial charge in [0.1, 0.15) is 11.9 Å². The van der Waals surface area contributed by atoms with Crippen LogP contribution in [0.4, 0.5) is 0 Å². The number of hydrogen-bond donors (Lipinski definition) is 1. The molecule has 0 aliphatic carbocycles. The van der Waals surface area contributed by atoms with Gasteiger partial charge < -0.3 is 28.8 Å². The fraction of sp³-hybridized carbons (Fsp3) is 0.278. The summed E-state index contributed by atoms with van der Waals surface area (Å²) in [4.78, 5) is 12.6. The van der Waals surface area contributed by atoms with Crippen molar-refractivity contribution < 1.29 is 33.6 Å². The Morgan fingerprint density at radius 2 is 1.64 bits per heavy atom. The zero-order valence-corrected chi connectivity index (χ0v) is 13.7.